The van der Waals surface area contributed by atoms with Gasteiger partial charge in [0, 0.05) is 6.07 Å². The lowest BCUT2D eigenvalue weighted by atomic mass is 10.2. The van der Waals surface area contributed by atoms with Crippen molar-refractivity contribution in [1.82, 2.24) is 0 Å². The molecule has 3 rings (SSSR count). The summed E-state index contributed by atoms with van der Waals surface area (Å²) in [7, 11) is -1.26. The van der Waals surface area contributed by atoms with Crippen molar-refractivity contribution >= 4 is 33.3 Å². The summed E-state index contributed by atoms with van der Waals surface area (Å²) in [5.41, 5.74) is 1.45. The minimum atomic E-state index is -4.15. The van der Waals surface area contributed by atoms with Gasteiger partial charge in [0.2, 0.25) is 5.91 Å². The van der Waals surface area contributed by atoms with Crippen LogP contribution in [-0.2, 0) is 19.6 Å². The fourth-order valence-corrected chi connectivity index (χ4v) is 4.84. The third-order valence-corrected chi connectivity index (χ3v) is 7.04. The van der Waals surface area contributed by atoms with Gasteiger partial charge in [-0.05, 0) is 50.2 Å². The Hall–Kier alpha value is -4.05. The van der Waals surface area contributed by atoms with Crippen LogP contribution < -0.4 is 19.1 Å². The van der Waals surface area contributed by atoms with Crippen molar-refractivity contribution in [2.75, 3.05) is 37.0 Å². The molecular weight excluding hydrogens is 484 g/mol. The Bertz CT molecular complexity index is 1340. The second-order valence-corrected chi connectivity index (χ2v) is 9.54. The molecule has 10 heteroatoms. The zero-order valence-corrected chi connectivity index (χ0v) is 21.3. The molecule has 3 aromatic rings. The van der Waals surface area contributed by atoms with E-state index in [4.69, 9.17) is 14.2 Å². The van der Waals surface area contributed by atoms with E-state index in [9.17, 15) is 18.0 Å². The summed E-state index contributed by atoms with van der Waals surface area (Å²) in [6, 6.07) is 17.2. The summed E-state index contributed by atoms with van der Waals surface area (Å²) in [6.07, 6.45) is 0. The average Bonchev–Trinajstić information content (AvgIpc) is 2.87. The third kappa shape index (κ3) is 5.95. The van der Waals surface area contributed by atoms with Gasteiger partial charge < -0.3 is 19.5 Å². The number of hydrogen-bond acceptors (Lipinski definition) is 7. The first-order valence-corrected chi connectivity index (χ1v) is 12.5. The monoisotopic (exact) mass is 512 g/mol. The number of aryl methyl sites for hydroxylation is 1. The smallest absolute Gasteiger partial charge is 0.340 e. The Labute approximate surface area is 210 Å². The molecular formula is C26H28N2O7S. The number of hydrogen-bond donors (Lipinski definition) is 1. The fraction of sp³-hybridized carbons (Fsp3) is 0.231. The number of ether oxygens (including phenoxy) is 3. The van der Waals surface area contributed by atoms with Gasteiger partial charge in [0.15, 0.2) is 11.5 Å². The molecule has 0 fully saturated rings. The number of nitrogens with one attached hydrogen (secondary N) is 1. The normalized spacial score (nSPS) is 10.9. The molecule has 0 aliphatic carbocycles. The molecule has 9 nitrogen and oxygen atoms in total. The van der Waals surface area contributed by atoms with E-state index in [1.807, 2.05) is 6.92 Å². The highest BCUT2D eigenvalue weighted by atomic mass is 32.2. The van der Waals surface area contributed by atoms with Gasteiger partial charge in [-0.1, -0.05) is 29.8 Å². The van der Waals surface area contributed by atoms with Gasteiger partial charge in [0.05, 0.1) is 42.7 Å². The summed E-state index contributed by atoms with van der Waals surface area (Å²) in [5.74, 6) is -0.552. The predicted molar refractivity (Wildman–Crippen MR) is 136 cm³/mol. The first-order chi connectivity index (χ1) is 17.2. The first kappa shape index (κ1) is 26.6. The lowest BCUT2D eigenvalue weighted by Gasteiger charge is -2.25. The van der Waals surface area contributed by atoms with Crippen molar-refractivity contribution in [1.29, 1.82) is 0 Å². The van der Waals surface area contributed by atoms with Crippen molar-refractivity contribution in [2.45, 2.75) is 18.7 Å². The highest BCUT2D eigenvalue weighted by Crippen LogP contribution is 2.34. The maximum atomic E-state index is 13.6. The highest BCUT2D eigenvalue weighted by molar-refractivity contribution is 7.92. The predicted octanol–water partition coefficient (Wildman–Crippen LogP) is 4.02. The number of methoxy groups -OCH3 is 2. The van der Waals surface area contributed by atoms with Gasteiger partial charge in [0.1, 0.15) is 6.54 Å². The maximum absolute atomic E-state index is 13.6. The molecule has 3 aromatic carbocycles. The SMILES string of the molecule is CCOC(=O)c1ccccc1NC(=O)CN(c1ccc(OC)c(OC)c1)S(=O)(=O)c1ccc(C)cc1. The molecule has 0 saturated heterocycles. The number of benzene rings is 3. The van der Waals surface area contributed by atoms with Crippen LogP contribution in [0.4, 0.5) is 11.4 Å². The van der Waals surface area contributed by atoms with Crippen LogP contribution >= 0.6 is 0 Å². The number of anilines is 2. The van der Waals surface area contributed by atoms with Crippen molar-refractivity contribution in [3.8, 4) is 11.5 Å². The summed E-state index contributed by atoms with van der Waals surface area (Å²) in [6.45, 7) is 3.12. The molecule has 0 spiro atoms. The molecule has 0 atom stereocenters. The molecule has 190 valence electrons. The Morgan fingerprint density at radius 3 is 2.22 bits per heavy atom. The number of para-hydroxylation sites is 1. The van der Waals surface area contributed by atoms with E-state index in [-0.39, 0.29) is 28.4 Å². The molecule has 1 N–H and O–H groups in total. The summed E-state index contributed by atoms with van der Waals surface area (Å²) in [5, 5.41) is 2.63. The zero-order chi connectivity index (χ0) is 26.3. The Balaban J connectivity index is 2.00. The number of carbonyl (C=O) groups is 2. The summed E-state index contributed by atoms with van der Waals surface area (Å²) < 4.78 is 43.9. The number of nitrogens with zero attached hydrogens (tertiary/aromatic N) is 1. The molecule has 0 aromatic heterocycles. The summed E-state index contributed by atoms with van der Waals surface area (Å²) >= 11 is 0. The van der Waals surface area contributed by atoms with Gasteiger partial charge >= 0.3 is 5.97 Å². The molecule has 0 radical (unpaired) electrons. The van der Waals surface area contributed by atoms with E-state index < -0.39 is 28.4 Å². The average molecular weight is 513 g/mol. The number of amides is 1. The van der Waals surface area contributed by atoms with Crippen LogP contribution in [0.15, 0.2) is 71.6 Å². The number of sulfonamides is 1. The van der Waals surface area contributed by atoms with Crippen molar-refractivity contribution in [2.24, 2.45) is 0 Å². The molecule has 1 amide bonds. The quantitative estimate of drug-likeness (QED) is 0.409. The van der Waals surface area contributed by atoms with Crippen LogP contribution in [0.5, 0.6) is 11.5 Å². The highest BCUT2D eigenvalue weighted by Gasteiger charge is 2.28. The Morgan fingerprint density at radius 2 is 1.58 bits per heavy atom. The van der Waals surface area contributed by atoms with Crippen molar-refractivity contribution in [3.63, 3.8) is 0 Å². The molecule has 0 aliphatic heterocycles. The van der Waals surface area contributed by atoms with Crippen LogP contribution in [-0.4, -0.2) is 47.7 Å². The van der Waals surface area contributed by atoms with Crippen LogP contribution in [0.25, 0.3) is 0 Å². The molecule has 0 bridgehead atoms. The van der Waals surface area contributed by atoms with E-state index >= 15 is 0 Å². The molecule has 36 heavy (non-hydrogen) atoms. The van der Waals surface area contributed by atoms with Crippen LogP contribution in [0.2, 0.25) is 0 Å². The van der Waals surface area contributed by atoms with E-state index in [1.165, 1.54) is 44.6 Å². The second kappa shape index (κ2) is 11.6. The van der Waals surface area contributed by atoms with E-state index in [2.05, 4.69) is 5.32 Å². The van der Waals surface area contributed by atoms with Gasteiger partial charge in [-0.3, -0.25) is 9.10 Å². The van der Waals surface area contributed by atoms with Gasteiger partial charge in [-0.2, -0.15) is 0 Å². The lowest BCUT2D eigenvalue weighted by molar-refractivity contribution is -0.114. The maximum Gasteiger partial charge on any atom is 0.340 e. The standard InChI is InChI=1S/C26H28N2O7S/c1-5-35-26(30)21-8-6-7-9-22(21)27-25(29)17-28(19-12-15-23(33-3)24(16-19)34-4)36(31,32)20-13-10-18(2)11-14-20/h6-16H,5,17H2,1-4H3,(H,27,29). The van der Waals surface area contributed by atoms with Crippen LogP contribution in [0, 0.1) is 6.92 Å². The van der Waals surface area contributed by atoms with Gasteiger partial charge in [-0.15, -0.1) is 0 Å². The van der Waals surface area contributed by atoms with Gasteiger partial charge in [-0.25, -0.2) is 13.2 Å². The lowest BCUT2D eigenvalue weighted by Crippen LogP contribution is -2.38. The Morgan fingerprint density at radius 1 is 0.917 bits per heavy atom. The molecule has 0 saturated carbocycles. The van der Waals surface area contributed by atoms with Crippen molar-refractivity contribution in [3.05, 3.63) is 77.9 Å². The van der Waals surface area contributed by atoms with E-state index in [0.717, 1.165) is 9.87 Å². The topological polar surface area (TPSA) is 111 Å². The number of esters is 1. The molecule has 0 unspecified atom stereocenters. The summed E-state index contributed by atoms with van der Waals surface area (Å²) in [4.78, 5) is 25.4. The van der Waals surface area contributed by atoms with Crippen molar-refractivity contribution < 1.29 is 32.2 Å². The Kier molecular flexibility index (Phi) is 8.55. The third-order valence-electron chi connectivity index (χ3n) is 5.25. The van der Waals surface area contributed by atoms with E-state index in [1.54, 1.807) is 43.3 Å². The largest absolute Gasteiger partial charge is 0.493 e. The minimum Gasteiger partial charge on any atom is -0.493 e. The fourth-order valence-electron chi connectivity index (χ4n) is 3.43. The van der Waals surface area contributed by atoms with Crippen LogP contribution in [0.3, 0.4) is 0 Å². The van der Waals surface area contributed by atoms with Crippen LogP contribution in [0.1, 0.15) is 22.8 Å². The number of rotatable bonds is 10. The molecule has 0 aliphatic rings. The van der Waals surface area contributed by atoms with E-state index in [0.29, 0.717) is 11.5 Å². The molecule has 0 heterocycles. The second-order valence-electron chi connectivity index (χ2n) is 7.68. The number of carbonyl (C=O) groups excluding carboxylic acids is 2. The zero-order valence-electron chi connectivity index (χ0n) is 20.5. The van der Waals surface area contributed by atoms with Gasteiger partial charge in [0.25, 0.3) is 10.0 Å². The first-order valence-electron chi connectivity index (χ1n) is 11.1. The minimum absolute atomic E-state index is 0.0163.